The van der Waals surface area contributed by atoms with Crippen molar-refractivity contribution in [3.63, 3.8) is 0 Å². The van der Waals surface area contributed by atoms with Gasteiger partial charge in [-0.2, -0.15) is 4.98 Å². The Morgan fingerprint density at radius 1 is 1.56 bits per heavy atom. The first-order chi connectivity index (χ1) is 7.69. The zero-order chi connectivity index (χ0) is 11.5. The molecule has 86 valence electrons. The summed E-state index contributed by atoms with van der Waals surface area (Å²) in [5.74, 6) is 0. The van der Waals surface area contributed by atoms with E-state index >= 15 is 0 Å². The number of hydrogen-bond acceptors (Lipinski definition) is 5. The van der Waals surface area contributed by atoms with E-state index in [4.69, 9.17) is 14.9 Å². The number of methoxy groups -OCH3 is 1. The third-order valence-corrected chi connectivity index (χ3v) is 2.20. The fourth-order valence-electron chi connectivity index (χ4n) is 1.51. The summed E-state index contributed by atoms with van der Waals surface area (Å²) >= 11 is 0. The zero-order valence-electron chi connectivity index (χ0n) is 9.36. The molecule has 0 amide bonds. The number of nitrogen functional groups attached to an aromatic ring is 1. The number of oxazole rings is 1. The van der Waals surface area contributed by atoms with E-state index in [1.807, 2.05) is 13.0 Å². The smallest absolute Gasteiger partial charge is 0.295 e. The SMILES string of the molecule is COCC(C)Nc1nc2cc(N)ccc2o1. The minimum atomic E-state index is 0.149. The monoisotopic (exact) mass is 221 g/mol. The summed E-state index contributed by atoms with van der Waals surface area (Å²) < 4.78 is 10.5. The number of aromatic nitrogens is 1. The van der Waals surface area contributed by atoms with Gasteiger partial charge in [-0.25, -0.2) is 0 Å². The lowest BCUT2D eigenvalue weighted by molar-refractivity contribution is 0.189. The Morgan fingerprint density at radius 3 is 3.12 bits per heavy atom. The van der Waals surface area contributed by atoms with E-state index in [2.05, 4.69) is 10.3 Å². The van der Waals surface area contributed by atoms with Crippen LogP contribution in [0.5, 0.6) is 0 Å². The van der Waals surface area contributed by atoms with E-state index in [0.29, 0.717) is 18.3 Å². The van der Waals surface area contributed by atoms with E-state index in [9.17, 15) is 0 Å². The molecular formula is C11H15N3O2. The van der Waals surface area contributed by atoms with Gasteiger partial charge < -0.3 is 20.2 Å². The maximum atomic E-state index is 5.66. The molecule has 1 aromatic heterocycles. The minimum Gasteiger partial charge on any atom is -0.424 e. The number of fused-ring (bicyclic) bond motifs is 1. The lowest BCUT2D eigenvalue weighted by Crippen LogP contribution is -2.20. The van der Waals surface area contributed by atoms with Gasteiger partial charge in [-0.1, -0.05) is 0 Å². The summed E-state index contributed by atoms with van der Waals surface area (Å²) in [5, 5.41) is 3.11. The molecule has 0 bridgehead atoms. The Labute approximate surface area is 93.6 Å². The molecule has 3 N–H and O–H groups in total. The average Bonchev–Trinajstić information content (AvgIpc) is 2.59. The van der Waals surface area contributed by atoms with Crippen LogP contribution in [0.4, 0.5) is 11.7 Å². The van der Waals surface area contributed by atoms with Crippen LogP contribution in [0.15, 0.2) is 22.6 Å². The molecule has 5 heteroatoms. The van der Waals surface area contributed by atoms with Gasteiger partial charge in [0.05, 0.1) is 12.6 Å². The maximum Gasteiger partial charge on any atom is 0.295 e. The molecule has 0 aliphatic carbocycles. The van der Waals surface area contributed by atoms with Crippen molar-refractivity contribution >= 4 is 22.8 Å². The van der Waals surface area contributed by atoms with Crippen LogP contribution in [0.1, 0.15) is 6.92 Å². The van der Waals surface area contributed by atoms with E-state index < -0.39 is 0 Å². The van der Waals surface area contributed by atoms with Crippen molar-refractivity contribution in [1.29, 1.82) is 0 Å². The number of benzene rings is 1. The molecule has 1 heterocycles. The highest BCUT2D eigenvalue weighted by Crippen LogP contribution is 2.21. The maximum absolute atomic E-state index is 5.66. The molecule has 2 rings (SSSR count). The predicted octanol–water partition coefficient (Wildman–Crippen LogP) is 1.86. The number of rotatable bonds is 4. The normalized spacial score (nSPS) is 12.9. The van der Waals surface area contributed by atoms with Crippen molar-refractivity contribution in [2.24, 2.45) is 0 Å². The number of nitrogens with zero attached hydrogens (tertiary/aromatic N) is 1. The highest BCUT2D eigenvalue weighted by molar-refractivity contribution is 5.78. The lowest BCUT2D eigenvalue weighted by atomic mass is 10.3. The number of hydrogen-bond donors (Lipinski definition) is 2. The van der Waals surface area contributed by atoms with Crippen LogP contribution >= 0.6 is 0 Å². The molecule has 0 aliphatic rings. The van der Waals surface area contributed by atoms with Crippen molar-refractivity contribution in [2.45, 2.75) is 13.0 Å². The van der Waals surface area contributed by atoms with E-state index in [1.54, 1.807) is 19.2 Å². The molecule has 0 fully saturated rings. The largest absolute Gasteiger partial charge is 0.424 e. The molecule has 0 saturated carbocycles. The Morgan fingerprint density at radius 2 is 2.38 bits per heavy atom. The first kappa shape index (κ1) is 10.8. The van der Waals surface area contributed by atoms with Gasteiger partial charge in [0.25, 0.3) is 6.01 Å². The van der Waals surface area contributed by atoms with E-state index in [1.165, 1.54) is 0 Å². The quantitative estimate of drug-likeness (QED) is 0.771. The van der Waals surface area contributed by atoms with Crippen LogP contribution in [0, 0.1) is 0 Å². The van der Waals surface area contributed by atoms with E-state index in [0.717, 1.165) is 11.1 Å². The first-order valence-corrected chi connectivity index (χ1v) is 5.10. The molecule has 0 spiro atoms. The van der Waals surface area contributed by atoms with E-state index in [-0.39, 0.29) is 6.04 Å². The second-order valence-electron chi connectivity index (χ2n) is 3.75. The molecule has 2 aromatic rings. The molecule has 0 aliphatic heterocycles. The fraction of sp³-hybridized carbons (Fsp3) is 0.364. The molecule has 0 saturated heterocycles. The lowest BCUT2D eigenvalue weighted by Gasteiger charge is -2.09. The van der Waals surface area contributed by atoms with Gasteiger partial charge in [0, 0.05) is 12.8 Å². The summed E-state index contributed by atoms with van der Waals surface area (Å²) in [6.07, 6.45) is 0. The predicted molar refractivity (Wildman–Crippen MR) is 63.4 cm³/mol. The Kier molecular flexibility index (Phi) is 2.96. The van der Waals surface area contributed by atoms with Crippen molar-refractivity contribution in [3.05, 3.63) is 18.2 Å². The van der Waals surface area contributed by atoms with Gasteiger partial charge >= 0.3 is 0 Å². The van der Waals surface area contributed by atoms with Crippen LogP contribution in [-0.4, -0.2) is 24.7 Å². The Hall–Kier alpha value is -1.75. The van der Waals surface area contributed by atoms with Crippen LogP contribution in [0.3, 0.4) is 0 Å². The summed E-state index contributed by atoms with van der Waals surface area (Å²) in [6.45, 7) is 2.59. The number of anilines is 2. The molecule has 1 aromatic carbocycles. The van der Waals surface area contributed by atoms with Crippen LogP contribution in [-0.2, 0) is 4.74 Å². The van der Waals surface area contributed by atoms with Crippen LogP contribution in [0.2, 0.25) is 0 Å². The topological polar surface area (TPSA) is 73.3 Å². The second kappa shape index (κ2) is 4.40. The van der Waals surface area contributed by atoms with Gasteiger partial charge in [-0.05, 0) is 25.1 Å². The molecular weight excluding hydrogens is 206 g/mol. The van der Waals surface area contributed by atoms with Gasteiger partial charge in [-0.3, -0.25) is 0 Å². The van der Waals surface area contributed by atoms with Gasteiger partial charge in [0.2, 0.25) is 0 Å². The highest BCUT2D eigenvalue weighted by atomic mass is 16.5. The number of nitrogens with two attached hydrogens (primary N) is 1. The third kappa shape index (κ3) is 2.25. The standard InChI is InChI=1S/C11H15N3O2/c1-7(6-15-2)13-11-14-9-5-8(12)3-4-10(9)16-11/h3-5,7H,6,12H2,1-2H3,(H,13,14). The van der Waals surface area contributed by atoms with Crippen LogP contribution < -0.4 is 11.1 Å². The summed E-state index contributed by atoms with van der Waals surface area (Å²) in [7, 11) is 1.66. The summed E-state index contributed by atoms with van der Waals surface area (Å²) in [5.41, 5.74) is 7.82. The Bertz CT molecular complexity index is 481. The van der Waals surface area contributed by atoms with Crippen molar-refractivity contribution in [3.8, 4) is 0 Å². The van der Waals surface area contributed by atoms with Crippen molar-refractivity contribution in [2.75, 3.05) is 24.8 Å². The molecule has 1 unspecified atom stereocenters. The summed E-state index contributed by atoms with van der Waals surface area (Å²) in [4.78, 5) is 4.28. The fourth-order valence-corrected chi connectivity index (χ4v) is 1.51. The zero-order valence-corrected chi connectivity index (χ0v) is 9.36. The van der Waals surface area contributed by atoms with Gasteiger partial charge in [0.1, 0.15) is 5.52 Å². The number of nitrogens with one attached hydrogen (secondary N) is 1. The molecule has 5 nitrogen and oxygen atoms in total. The van der Waals surface area contributed by atoms with Crippen molar-refractivity contribution in [1.82, 2.24) is 4.98 Å². The average molecular weight is 221 g/mol. The third-order valence-electron chi connectivity index (χ3n) is 2.20. The minimum absolute atomic E-state index is 0.149. The highest BCUT2D eigenvalue weighted by Gasteiger charge is 2.08. The summed E-state index contributed by atoms with van der Waals surface area (Å²) in [6, 6.07) is 6.02. The molecule has 16 heavy (non-hydrogen) atoms. The second-order valence-corrected chi connectivity index (χ2v) is 3.75. The van der Waals surface area contributed by atoms with Gasteiger partial charge in [0.15, 0.2) is 5.58 Å². The van der Waals surface area contributed by atoms with Crippen molar-refractivity contribution < 1.29 is 9.15 Å². The molecule has 1 atom stereocenters. The molecule has 0 radical (unpaired) electrons. The Balaban J connectivity index is 2.19. The first-order valence-electron chi connectivity index (χ1n) is 5.10. The van der Waals surface area contributed by atoms with Crippen LogP contribution in [0.25, 0.3) is 11.1 Å². The van der Waals surface area contributed by atoms with Gasteiger partial charge in [-0.15, -0.1) is 0 Å². The number of ether oxygens (including phenoxy) is 1.